The first-order chi connectivity index (χ1) is 12.6. The highest BCUT2D eigenvalue weighted by molar-refractivity contribution is 9.10. The number of nitrogens with zero attached hydrogens (tertiary/aromatic N) is 3. The topological polar surface area (TPSA) is 117 Å². The molecule has 0 fully saturated rings. The van der Waals surface area contributed by atoms with Gasteiger partial charge in [-0.05, 0) is 34.1 Å². The molecule has 0 radical (unpaired) electrons. The zero-order chi connectivity index (χ0) is 19.8. The number of halogens is 3. The summed E-state index contributed by atoms with van der Waals surface area (Å²) in [5, 5.41) is 10.2. The molecule has 1 aromatic carbocycles. The van der Waals surface area contributed by atoms with Crippen LogP contribution in [0.5, 0.6) is 0 Å². The molecule has 2 heterocycles. The van der Waals surface area contributed by atoms with Gasteiger partial charge in [-0.25, -0.2) is 0 Å². The summed E-state index contributed by atoms with van der Waals surface area (Å²) in [6, 6.07) is 4.31. The fourth-order valence-corrected chi connectivity index (χ4v) is 5.20. The van der Waals surface area contributed by atoms with Gasteiger partial charge < -0.3 is 19.7 Å². The van der Waals surface area contributed by atoms with E-state index in [1.54, 1.807) is 4.57 Å². The van der Waals surface area contributed by atoms with E-state index >= 15 is 0 Å². The smallest absolute Gasteiger partial charge is 0.350 e. The molecule has 0 aliphatic heterocycles. The van der Waals surface area contributed by atoms with Crippen LogP contribution < -0.4 is 5.32 Å². The first kappa shape index (κ1) is 20.0. The number of alkyl halides is 2. The van der Waals surface area contributed by atoms with Crippen LogP contribution in [0, 0.1) is 0 Å². The number of nitrogens with one attached hydrogen (secondary N) is 1. The highest BCUT2D eigenvalue weighted by Crippen LogP contribution is 2.62. The van der Waals surface area contributed by atoms with Crippen molar-refractivity contribution in [3.8, 4) is 0 Å². The molecule has 13 heteroatoms. The van der Waals surface area contributed by atoms with E-state index in [1.807, 2.05) is 0 Å². The zero-order valence-electron chi connectivity index (χ0n) is 13.3. The lowest BCUT2D eigenvalue weighted by Gasteiger charge is -2.16. The SMILES string of the molecule is O=C(NCCn1cnnc1)c1ccc2sc(C(F)(F)P(=O)(O)O)c(Br)c2c1. The van der Waals surface area contributed by atoms with Gasteiger partial charge in [0.25, 0.3) is 5.91 Å². The summed E-state index contributed by atoms with van der Waals surface area (Å²) < 4.78 is 41.1. The largest absolute Gasteiger partial charge is 0.400 e. The fraction of sp³-hybridized carbons (Fsp3) is 0.214. The van der Waals surface area contributed by atoms with Crippen molar-refractivity contribution in [3.05, 3.63) is 45.8 Å². The average molecular weight is 481 g/mol. The fourth-order valence-electron chi connectivity index (χ4n) is 2.27. The molecule has 0 atom stereocenters. The molecule has 3 rings (SSSR count). The predicted octanol–water partition coefficient (Wildman–Crippen LogP) is 2.91. The molecule has 0 bridgehead atoms. The van der Waals surface area contributed by atoms with Crippen LogP contribution in [-0.2, 0) is 16.8 Å². The first-order valence-corrected chi connectivity index (χ1v) is 10.6. The number of aromatic nitrogens is 3. The summed E-state index contributed by atoms with van der Waals surface area (Å²) in [5.74, 6) is -0.411. The van der Waals surface area contributed by atoms with Crippen molar-refractivity contribution in [3.63, 3.8) is 0 Å². The average Bonchev–Trinajstić information content (AvgIpc) is 3.22. The van der Waals surface area contributed by atoms with E-state index in [1.165, 1.54) is 30.9 Å². The Labute approximate surface area is 163 Å². The lowest BCUT2D eigenvalue weighted by Crippen LogP contribution is -2.26. The van der Waals surface area contributed by atoms with Crippen LogP contribution >= 0.6 is 34.9 Å². The minimum absolute atomic E-state index is 0.144. The quantitative estimate of drug-likeness (QED) is 0.467. The van der Waals surface area contributed by atoms with Gasteiger partial charge in [0.1, 0.15) is 17.5 Å². The van der Waals surface area contributed by atoms with Crippen LogP contribution in [0.3, 0.4) is 0 Å². The first-order valence-electron chi connectivity index (χ1n) is 7.38. The Morgan fingerprint density at radius 2 is 2.00 bits per heavy atom. The Morgan fingerprint density at radius 3 is 2.63 bits per heavy atom. The highest BCUT2D eigenvalue weighted by Gasteiger charge is 2.53. The molecule has 0 unspecified atom stereocenters. The zero-order valence-corrected chi connectivity index (χ0v) is 16.6. The summed E-state index contributed by atoms with van der Waals surface area (Å²) in [6.45, 7) is 0.767. The highest BCUT2D eigenvalue weighted by atomic mass is 79.9. The van der Waals surface area contributed by atoms with Crippen LogP contribution in [0.25, 0.3) is 10.1 Å². The second kappa shape index (κ2) is 7.36. The van der Waals surface area contributed by atoms with Crippen molar-refractivity contribution in [2.45, 2.75) is 12.2 Å². The van der Waals surface area contributed by atoms with Gasteiger partial charge in [-0.3, -0.25) is 9.36 Å². The third-order valence-electron chi connectivity index (χ3n) is 3.65. The minimum Gasteiger partial charge on any atom is -0.350 e. The molecular formula is C14H12BrF2N4O4PS. The standard InChI is InChI=1S/C14H12BrF2N4O4PS/c15-11-9-5-8(13(22)18-3-4-21-6-19-20-7-21)1-2-10(9)27-12(11)14(16,17)26(23,24)25/h1-2,5-7H,3-4H2,(H,18,22)(H2,23,24,25). The van der Waals surface area contributed by atoms with Crippen molar-refractivity contribution in [1.82, 2.24) is 20.1 Å². The summed E-state index contributed by atoms with van der Waals surface area (Å²) >= 11 is 3.54. The molecular weight excluding hydrogens is 469 g/mol. The van der Waals surface area contributed by atoms with Gasteiger partial charge in [-0.2, -0.15) is 8.78 Å². The molecule has 27 heavy (non-hydrogen) atoms. The normalized spacial score (nSPS) is 12.5. The molecule has 1 amide bonds. The van der Waals surface area contributed by atoms with Gasteiger partial charge in [0.2, 0.25) is 0 Å². The maximum absolute atomic E-state index is 14.0. The maximum Gasteiger partial charge on any atom is 0.400 e. The molecule has 0 aliphatic rings. The van der Waals surface area contributed by atoms with Crippen molar-refractivity contribution < 1.29 is 27.9 Å². The van der Waals surface area contributed by atoms with Crippen molar-refractivity contribution in [2.24, 2.45) is 0 Å². The third kappa shape index (κ3) is 3.94. The van der Waals surface area contributed by atoms with E-state index in [0.29, 0.717) is 29.1 Å². The second-order valence-corrected chi connectivity index (χ2v) is 8.99. The van der Waals surface area contributed by atoms with Crippen LogP contribution in [0.2, 0.25) is 0 Å². The summed E-state index contributed by atoms with van der Waals surface area (Å²) in [4.78, 5) is 29.4. The molecule has 0 saturated heterocycles. The predicted molar refractivity (Wildman–Crippen MR) is 97.8 cm³/mol. The molecule has 0 saturated carbocycles. The molecule has 0 aliphatic carbocycles. The molecule has 2 aromatic heterocycles. The van der Waals surface area contributed by atoms with Gasteiger partial charge in [0.05, 0.1) is 0 Å². The number of thiophene rings is 1. The molecule has 144 valence electrons. The molecule has 3 aromatic rings. The van der Waals surface area contributed by atoms with Gasteiger partial charge in [-0.15, -0.1) is 21.5 Å². The number of carbonyl (C=O) groups excluding carboxylic acids is 1. The van der Waals surface area contributed by atoms with Crippen LogP contribution in [0.4, 0.5) is 8.78 Å². The number of carbonyl (C=O) groups is 1. The summed E-state index contributed by atoms with van der Waals surface area (Å²) in [6.07, 6.45) is 3.01. The third-order valence-corrected chi connectivity index (χ3v) is 7.08. The molecule has 8 nitrogen and oxygen atoms in total. The van der Waals surface area contributed by atoms with Crippen molar-refractivity contribution >= 4 is 50.9 Å². The Bertz CT molecular complexity index is 1040. The minimum atomic E-state index is -5.69. The summed E-state index contributed by atoms with van der Waals surface area (Å²) in [5.41, 5.74) is -4.09. The monoisotopic (exact) mass is 480 g/mol. The van der Waals surface area contributed by atoms with E-state index in [9.17, 15) is 18.1 Å². The van der Waals surface area contributed by atoms with Crippen LogP contribution in [0.15, 0.2) is 35.3 Å². The second-order valence-electron chi connectivity index (χ2n) is 5.50. The Balaban J connectivity index is 1.83. The molecule has 3 N–H and O–H groups in total. The van der Waals surface area contributed by atoms with E-state index in [-0.39, 0.29) is 15.4 Å². The van der Waals surface area contributed by atoms with E-state index in [2.05, 4.69) is 31.4 Å². The number of hydrogen-bond acceptors (Lipinski definition) is 5. The van der Waals surface area contributed by atoms with E-state index in [0.717, 1.165) is 0 Å². The van der Waals surface area contributed by atoms with Gasteiger partial charge in [0.15, 0.2) is 0 Å². The maximum atomic E-state index is 14.0. The summed E-state index contributed by atoms with van der Waals surface area (Å²) in [7, 11) is -5.69. The van der Waals surface area contributed by atoms with Gasteiger partial charge >= 0.3 is 13.3 Å². The van der Waals surface area contributed by atoms with E-state index in [4.69, 9.17) is 9.79 Å². The van der Waals surface area contributed by atoms with Gasteiger partial charge in [0, 0.05) is 33.2 Å². The van der Waals surface area contributed by atoms with E-state index < -0.39 is 24.0 Å². The number of hydrogen-bond donors (Lipinski definition) is 3. The lowest BCUT2D eigenvalue weighted by molar-refractivity contribution is 0.0595. The Hall–Kier alpha value is -1.72. The number of amides is 1. The number of benzene rings is 1. The van der Waals surface area contributed by atoms with Crippen molar-refractivity contribution in [2.75, 3.05) is 6.54 Å². The van der Waals surface area contributed by atoms with Gasteiger partial charge in [-0.1, -0.05) is 0 Å². The number of fused-ring (bicyclic) bond motifs is 1. The Kier molecular flexibility index (Phi) is 5.46. The van der Waals surface area contributed by atoms with Crippen LogP contribution in [-0.4, -0.2) is 37.0 Å². The lowest BCUT2D eigenvalue weighted by atomic mass is 10.1. The van der Waals surface area contributed by atoms with Crippen LogP contribution in [0.1, 0.15) is 15.2 Å². The Morgan fingerprint density at radius 1 is 1.33 bits per heavy atom. The molecule has 0 spiro atoms. The number of rotatable bonds is 6. The van der Waals surface area contributed by atoms with Crippen molar-refractivity contribution in [1.29, 1.82) is 0 Å².